The maximum absolute atomic E-state index is 5.99. The van der Waals surface area contributed by atoms with Crippen molar-refractivity contribution < 1.29 is 4.74 Å². The summed E-state index contributed by atoms with van der Waals surface area (Å²) in [5.74, 6) is 1.56. The highest BCUT2D eigenvalue weighted by Crippen LogP contribution is 2.23. The van der Waals surface area contributed by atoms with E-state index in [4.69, 9.17) is 10.5 Å². The van der Waals surface area contributed by atoms with Crippen molar-refractivity contribution in [2.45, 2.75) is 13.5 Å². The van der Waals surface area contributed by atoms with Gasteiger partial charge in [0.2, 0.25) is 0 Å². The summed E-state index contributed by atoms with van der Waals surface area (Å²) in [6, 6.07) is 7.88. The van der Waals surface area contributed by atoms with Gasteiger partial charge in [0.05, 0.1) is 22.9 Å². The Morgan fingerprint density at radius 2 is 2.12 bits per heavy atom. The lowest BCUT2D eigenvalue weighted by atomic mass is 10.2. The lowest BCUT2D eigenvalue weighted by molar-refractivity contribution is 0.407. The Morgan fingerprint density at radius 3 is 2.71 bits per heavy atom. The summed E-state index contributed by atoms with van der Waals surface area (Å²) in [7, 11) is 1.67. The van der Waals surface area contributed by atoms with Gasteiger partial charge in [-0.25, -0.2) is 4.68 Å². The van der Waals surface area contributed by atoms with Crippen molar-refractivity contribution in [3.8, 4) is 5.75 Å². The molecule has 0 aliphatic heterocycles. The van der Waals surface area contributed by atoms with Crippen LogP contribution in [0.15, 0.2) is 24.3 Å². The number of nitrogen functional groups attached to an aromatic ring is 1. The highest BCUT2D eigenvalue weighted by molar-refractivity contribution is 14.1. The van der Waals surface area contributed by atoms with Crippen molar-refractivity contribution in [3.63, 3.8) is 0 Å². The van der Waals surface area contributed by atoms with Crippen molar-refractivity contribution in [1.82, 2.24) is 9.78 Å². The summed E-state index contributed by atoms with van der Waals surface area (Å²) >= 11 is 2.21. The molecule has 1 heterocycles. The minimum Gasteiger partial charge on any atom is -0.496 e. The molecule has 0 radical (unpaired) electrons. The smallest absolute Gasteiger partial charge is 0.135 e. The summed E-state index contributed by atoms with van der Waals surface area (Å²) in [6.45, 7) is 2.58. The zero-order valence-corrected chi connectivity index (χ0v) is 11.9. The van der Waals surface area contributed by atoms with Gasteiger partial charge < -0.3 is 10.5 Å². The molecule has 0 saturated heterocycles. The van der Waals surface area contributed by atoms with Crippen LogP contribution in [0.25, 0.3) is 0 Å². The van der Waals surface area contributed by atoms with E-state index in [0.29, 0.717) is 12.4 Å². The molecular formula is C12H14IN3O. The molecule has 0 amide bonds. The summed E-state index contributed by atoms with van der Waals surface area (Å²) in [5.41, 5.74) is 8.02. The molecule has 0 fully saturated rings. The van der Waals surface area contributed by atoms with E-state index in [1.54, 1.807) is 11.8 Å². The third-order valence-electron chi connectivity index (χ3n) is 2.60. The lowest BCUT2D eigenvalue weighted by Gasteiger charge is -2.09. The second kappa shape index (κ2) is 4.95. The summed E-state index contributed by atoms with van der Waals surface area (Å²) in [6.07, 6.45) is 0. The number of benzene rings is 1. The van der Waals surface area contributed by atoms with Crippen LogP contribution in [-0.4, -0.2) is 16.9 Å². The maximum Gasteiger partial charge on any atom is 0.135 e. The van der Waals surface area contributed by atoms with Crippen LogP contribution in [0.2, 0.25) is 0 Å². The number of nitrogens with two attached hydrogens (primary N) is 1. The average Bonchev–Trinajstić information content (AvgIpc) is 2.58. The van der Waals surface area contributed by atoms with E-state index in [1.807, 2.05) is 31.2 Å². The minimum absolute atomic E-state index is 0.625. The van der Waals surface area contributed by atoms with E-state index < -0.39 is 0 Å². The molecule has 1 aromatic carbocycles. The van der Waals surface area contributed by atoms with Crippen LogP contribution in [0.1, 0.15) is 11.3 Å². The fourth-order valence-corrected chi connectivity index (χ4v) is 2.08. The predicted molar refractivity (Wildman–Crippen MR) is 76.2 cm³/mol. The van der Waals surface area contributed by atoms with Crippen molar-refractivity contribution in [2.24, 2.45) is 0 Å². The Bertz CT molecular complexity index is 537. The third-order valence-corrected chi connectivity index (χ3v) is 3.94. The molecule has 2 rings (SSSR count). The quantitative estimate of drug-likeness (QED) is 0.871. The number of methoxy groups -OCH3 is 1. The van der Waals surface area contributed by atoms with Crippen LogP contribution in [-0.2, 0) is 6.54 Å². The second-order valence-electron chi connectivity index (χ2n) is 3.75. The van der Waals surface area contributed by atoms with E-state index in [2.05, 4.69) is 27.7 Å². The Hall–Kier alpha value is -1.24. The third kappa shape index (κ3) is 2.38. The van der Waals surface area contributed by atoms with E-state index in [1.165, 1.54) is 0 Å². The minimum atomic E-state index is 0.625. The standard InChI is InChI=1S/C12H14IN3O/c1-8-11(13)12(14)16(15-8)7-9-5-3-4-6-10(9)17-2/h3-6H,7,14H2,1-2H3. The number of para-hydroxylation sites is 1. The number of hydrogen-bond acceptors (Lipinski definition) is 3. The number of halogens is 1. The van der Waals surface area contributed by atoms with Gasteiger partial charge in [-0.05, 0) is 35.6 Å². The van der Waals surface area contributed by atoms with Crippen molar-refractivity contribution >= 4 is 28.4 Å². The van der Waals surface area contributed by atoms with E-state index in [9.17, 15) is 0 Å². The van der Waals surface area contributed by atoms with Gasteiger partial charge in [-0.1, -0.05) is 18.2 Å². The fraction of sp³-hybridized carbons (Fsp3) is 0.250. The van der Waals surface area contributed by atoms with Gasteiger partial charge in [0.1, 0.15) is 11.6 Å². The number of nitrogens with zero attached hydrogens (tertiary/aromatic N) is 2. The summed E-state index contributed by atoms with van der Waals surface area (Å²) in [5, 5.41) is 4.41. The molecule has 0 unspecified atom stereocenters. The first kappa shape index (κ1) is 12.2. The Kier molecular flexibility index (Phi) is 3.56. The molecule has 2 aromatic rings. The van der Waals surface area contributed by atoms with E-state index in [-0.39, 0.29) is 0 Å². The number of ether oxygens (including phenoxy) is 1. The van der Waals surface area contributed by atoms with Crippen LogP contribution in [0.5, 0.6) is 5.75 Å². The molecule has 0 atom stereocenters. The van der Waals surface area contributed by atoms with Crippen LogP contribution in [0.3, 0.4) is 0 Å². The van der Waals surface area contributed by atoms with Crippen LogP contribution >= 0.6 is 22.6 Å². The Labute approximate surface area is 114 Å². The molecule has 2 N–H and O–H groups in total. The number of hydrogen-bond donors (Lipinski definition) is 1. The fourth-order valence-electron chi connectivity index (χ4n) is 1.69. The molecule has 0 bridgehead atoms. The van der Waals surface area contributed by atoms with Gasteiger partial charge in [0, 0.05) is 5.56 Å². The molecule has 1 aromatic heterocycles. The van der Waals surface area contributed by atoms with E-state index >= 15 is 0 Å². The van der Waals surface area contributed by atoms with Gasteiger partial charge in [0.15, 0.2) is 0 Å². The highest BCUT2D eigenvalue weighted by Gasteiger charge is 2.11. The maximum atomic E-state index is 5.99. The number of aryl methyl sites for hydroxylation is 1. The number of aromatic nitrogens is 2. The van der Waals surface area contributed by atoms with E-state index in [0.717, 1.165) is 20.6 Å². The molecule has 0 aliphatic rings. The largest absolute Gasteiger partial charge is 0.496 e. The molecule has 17 heavy (non-hydrogen) atoms. The van der Waals surface area contributed by atoms with Gasteiger partial charge >= 0.3 is 0 Å². The normalized spacial score (nSPS) is 10.5. The molecule has 4 nitrogen and oxygen atoms in total. The van der Waals surface area contributed by atoms with Gasteiger partial charge in [0.25, 0.3) is 0 Å². The first-order valence-electron chi connectivity index (χ1n) is 5.23. The Balaban J connectivity index is 2.34. The molecule has 90 valence electrons. The molecule has 0 spiro atoms. The SMILES string of the molecule is COc1ccccc1Cn1nc(C)c(I)c1N. The molecule has 5 heteroatoms. The highest BCUT2D eigenvalue weighted by atomic mass is 127. The first-order valence-corrected chi connectivity index (χ1v) is 6.31. The van der Waals surface area contributed by atoms with Crippen LogP contribution < -0.4 is 10.5 Å². The van der Waals surface area contributed by atoms with Crippen molar-refractivity contribution in [3.05, 3.63) is 39.1 Å². The number of anilines is 1. The average molecular weight is 343 g/mol. The first-order chi connectivity index (χ1) is 8.13. The lowest BCUT2D eigenvalue weighted by Crippen LogP contribution is -2.07. The molecule has 0 saturated carbocycles. The second-order valence-corrected chi connectivity index (χ2v) is 4.83. The zero-order chi connectivity index (χ0) is 12.4. The summed E-state index contributed by atoms with van der Waals surface area (Å²) < 4.78 is 8.12. The summed E-state index contributed by atoms with van der Waals surface area (Å²) in [4.78, 5) is 0. The monoisotopic (exact) mass is 343 g/mol. The van der Waals surface area contributed by atoms with Crippen molar-refractivity contribution in [1.29, 1.82) is 0 Å². The van der Waals surface area contributed by atoms with Gasteiger partial charge in [-0.15, -0.1) is 0 Å². The van der Waals surface area contributed by atoms with Crippen LogP contribution in [0, 0.1) is 10.5 Å². The van der Waals surface area contributed by atoms with Crippen LogP contribution in [0.4, 0.5) is 5.82 Å². The number of rotatable bonds is 3. The molecule has 0 aliphatic carbocycles. The molecular weight excluding hydrogens is 329 g/mol. The topological polar surface area (TPSA) is 53.1 Å². The van der Waals surface area contributed by atoms with Gasteiger partial charge in [-0.3, -0.25) is 0 Å². The zero-order valence-electron chi connectivity index (χ0n) is 9.77. The van der Waals surface area contributed by atoms with Gasteiger partial charge in [-0.2, -0.15) is 5.10 Å². The van der Waals surface area contributed by atoms with Crippen molar-refractivity contribution in [2.75, 3.05) is 12.8 Å². The Morgan fingerprint density at radius 1 is 1.41 bits per heavy atom. The predicted octanol–water partition coefficient (Wildman–Crippen LogP) is 2.44.